The molecule has 1 heteroatoms. The molecule has 0 saturated heterocycles. The average molecular weight is 186 g/mol. The molecule has 0 amide bonds. The highest BCUT2D eigenvalue weighted by Crippen LogP contribution is 2.22. The van der Waals surface area contributed by atoms with E-state index in [9.17, 15) is 0 Å². The molecule has 14 heavy (non-hydrogen) atoms. The van der Waals surface area contributed by atoms with E-state index in [4.69, 9.17) is 4.42 Å². The summed E-state index contributed by atoms with van der Waals surface area (Å²) < 4.78 is 5.58. The molecule has 0 bridgehead atoms. The molecule has 0 spiro atoms. The molecule has 0 atom stereocenters. The molecule has 1 aliphatic carbocycles. The van der Waals surface area contributed by atoms with Crippen molar-refractivity contribution >= 4 is 5.57 Å². The molecule has 0 N–H and O–H groups in total. The van der Waals surface area contributed by atoms with Crippen molar-refractivity contribution < 1.29 is 4.42 Å². The summed E-state index contributed by atoms with van der Waals surface area (Å²) in [5.41, 5.74) is 2.45. The Morgan fingerprint density at radius 2 is 2.07 bits per heavy atom. The highest BCUT2D eigenvalue weighted by molar-refractivity contribution is 5.73. The predicted octanol–water partition coefficient (Wildman–Crippen LogP) is 3.88. The molecule has 72 valence electrons. The molecule has 0 radical (unpaired) electrons. The molecule has 1 aromatic heterocycles. The molecule has 1 heterocycles. The van der Waals surface area contributed by atoms with Gasteiger partial charge in [0.25, 0.3) is 0 Å². The van der Waals surface area contributed by atoms with Gasteiger partial charge in [0, 0.05) is 5.57 Å². The van der Waals surface area contributed by atoms with Gasteiger partial charge in [0.05, 0.1) is 0 Å². The van der Waals surface area contributed by atoms with Gasteiger partial charge in [-0.25, -0.2) is 0 Å². The lowest BCUT2D eigenvalue weighted by molar-refractivity contribution is 0.522. The van der Waals surface area contributed by atoms with Crippen LogP contribution in [0.25, 0.3) is 5.57 Å². The smallest absolute Gasteiger partial charge is 0.134 e. The van der Waals surface area contributed by atoms with E-state index >= 15 is 0 Å². The lowest BCUT2D eigenvalue weighted by Gasteiger charge is -1.96. The van der Waals surface area contributed by atoms with Gasteiger partial charge < -0.3 is 4.42 Å². The van der Waals surface area contributed by atoms with Crippen LogP contribution in [0.15, 0.2) is 46.4 Å². The summed E-state index contributed by atoms with van der Waals surface area (Å²) in [5.74, 6) is 1.91. The van der Waals surface area contributed by atoms with Crippen LogP contribution in [0.5, 0.6) is 0 Å². The number of aryl methyl sites for hydroxylation is 1. The van der Waals surface area contributed by atoms with Crippen LogP contribution in [0.2, 0.25) is 0 Å². The summed E-state index contributed by atoms with van der Waals surface area (Å²) in [6, 6.07) is 4.01. The minimum Gasteiger partial charge on any atom is -0.461 e. The Morgan fingerprint density at radius 3 is 2.79 bits per heavy atom. The SMILES string of the molecule is CC1=CCC=CC(c2ccc(C)o2)=C1. The van der Waals surface area contributed by atoms with Gasteiger partial charge in [-0.15, -0.1) is 0 Å². The first-order chi connectivity index (χ1) is 6.75. The molecule has 1 nitrogen and oxygen atoms in total. The molecule has 0 unspecified atom stereocenters. The van der Waals surface area contributed by atoms with Crippen LogP contribution >= 0.6 is 0 Å². The van der Waals surface area contributed by atoms with Crippen molar-refractivity contribution in [1.29, 1.82) is 0 Å². The normalized spacial score (nSPS) is 16.1. The van der Waals surface area contributed by atoms with Gasteiger partial charge >= 0.3 is 0 Å². The van der Waals surface area contributed by atoms with Gasteiger partial charge in [0.2, 0.25) is 0 Å². The first-order valence-corrected chi connectivity index (χ1v) is 4.87. The zero-order valence-corrected chi connectivity index (χ0v) is 8.58. The Morgan fingerprint density at radius 1 is 1.21 bits per heavy atom. The Hall–Kier alpha value is -1.50. The van der Waals surface area contributed by atoms with Gasteiger partial charge in [-0.05, 0) is 38.5 Å². The molecule has 0 aromatic carbocycles. The van der Waals surface area contributed by atoms with Gasteiger partial charge in [0.1, 0.15) is 11.5 Å². The van der Waals surface area contributed by atoms with Crippen LogP contribution in [0.3, 0.4) is 0 Å². The molecule has 0 fully saturated rings. The van der Waals surface area contributed by atoms with Crippen molar-refractivity contribution in [3.63, 3.8) is 0 Å². The van der Waals surface area contributed by atoms with Crippen LogP contribution in [0, 0.1) is 6.92 Å². The van der Waals surface area contributed by atoms with E-state index in [2.05, 4.69) is 31.2 Å². The maximum absolute atomic E-state index is 5.58. The van der Waals surface area contributed by atoms with Gasteiger partial charge in [-0.1, -0.05) is 23.8 Å². The lowest BCUT2D eigenvalue weighted by atomic mass is 10.1. The zero-order chi connectivity index (χ0) is 9.97. The molecule has 2 rings (SSSR count). The topological polar surface area (TPSA) is 13.1 Å². The Balaban J connectivity index is 2.38. The van der Waals surface area contributed by atoms with E-state index in [1.54, 1.807) is 0 Å². The van der Waals surface area contributed by atoms with Crippen molar-refractivity contribution in [2.45, 2.75) is 20.3 Å². The second-order valence-electron chi connectivity index (χ2n) is 3.60. The summed E-state index contributed by atoms with van der Waals surface area (Å²) in [7, 11) is 0. The second-order valence-corrected chi connectivity index (χ2v) is 3.60. The quantitative estimate of drug-likeness (QED) is 0.648. The minimum atomic E-state index is 0.952. The summed E-state index contributed by atoms with van der Waals surface area (Å²) >= 11 is 0. The third-order valence-electron chi connectivity index (χ3n) is 2.28. The first kappa shape index (κ1) is 9.07. The van der Waals surface area contributed by atoms with Crippen molar-refractivity contribution in [2.75, 3.05) is 0 Å². The highest BCUT2D eigenvalue weighted by atomic mass is 16.3. The monoisotopic (exact) mass is 186 g/mol. The fourth-order valence-electron chi connectivity index (χ4n) is 1.54. The van der Waals surface area contributed by atoms with Crippen LogP contribution in [0.4, 0.5) is 0 Å². The number of rotatable bonds is 1. The summed E-state index contributed by atoms with van der Waals surface area (Å²) in [6.45, 7) is 4.08. The summed E-state index contributed by atoms with van der Waals surface area (Å²) in [6.07, 6.45) is 9.64. The molecule has 1 aliphatic rings. The minimum absolute atomic E-state index is 0.952. The Labute approximate surface area is 84.4 Å². The van der Waals surface area contributed by atoms with Crippen LogP contribution in [0.1, 0.15) is 24.9 Å². The van der Waals surface area contributed by atoms with E-state index in [0.29, 0.717) is 0 Å². The van der Waals surface area contributed by atoms with Crippen LogP contribution in [-0.4, -0.2) is 0 Å². The number of hydrogen-bond donors (Lipinski definition) is 0. The van der Waals surface area contributed by atoms with Gasteiger partial charge in [-0.3, -0.25) is 0 Å². The fraction of sp³-hybridized carbons (Fsp3) is 0.231. The molecular weight excluding hydrogens is 172 g/mol. The van der Waals surface area contributed by atoms with Gasteiger partial charge in [-0.2, -0.15) is 0 Å². The molecule has 0 aliphatic heterocycles. The third-order valence-corrected chi connectivity index (χ3v) is 2.28. The molecule has 1 aromatic rings. The van der Waals surface area contributed by atoms with Crippen molar-refractivity contribution in [1.82, 2.24) is 0 Å². The van der Waals surface area contributed by atoms with Crippen LogP contribution in [-0.2, 0) is 0 Å². The van der Waals surface area contributed by atoms with E-state index in [-0.39, 0.29) is 0 Å². The van der Waals surface area contributed by atoms with E-state index in [0.717, 1.165) is 23.5 Å². The average Bonchev–Trinajstić information content (AvgIpc) is 2.45. The second kappa shape index (κ2) is 3.70. The van der Waals surface area contributed by atoms with E-state index in [1.165, 1.54) is 5.57 Å². The summed E-state index contributed by atoms with van der Waals surface area (Å²) in [4.78, 5) is 0. The van der Waals surface area contributed by atoms with Crippen molar-refractivity contribution in [2.24, 2.45) is 0 Å². The van der Waals surface area contributed by atoms with Crippen LogP contribution < -0.4 is 0 Å². The maximum atomic E-state index is 5.58. The van der Waals surface area contributed by atoms with E-state index < -0.39 is 0 Å². The molecule has 0 saturated carbocycles. The number of furan rings is 1. The van der Waals surface area contributed by atoms with Crippen molar-refractivity contribution in [3.8, 4) is 0 Å². The fourth-order valence-corrected chi connectivity index (χ4v) is 1.54. The van der Waals surface area contributed by atoms with Gasteiger partial charge in [0.15, 0.2) is 0 Å². The third kappa shape index (κ3) is 1.87. The zero-order valence-electron chi connectivity index (χ0n) is 8.58. The van der Waals surface area contributed by atoms with Crippen molar-refractivity contribution in [3.05, 3.63) is 53.5 Å². The number of hydrogen-bond acceptors (Lipinski definition) is 1. The van der Waals surface area contributed by atoms with E-state index in [1.807, 2.05) is 19.1 Å². The first-order valence-electron chi connectivity index (χ1n) is 4.87. The summed E-state index contributed by atoms with van der Waals surface area (Å²) in [5, 5.41) is 0. The maximum Gasteiger partial charge on any atom is 0.134 e. The number of allylic oxidation sites excluding steroid dienone is 6. The Bertz CT molecular complexity index is 416. The lowest BCUT2D eigenvalue weighted by Crippen LogP contribution is -1.76. The largest absolute Gasteiger partial charge is 0.461 e. The Kier molecular flexibility index (Phi) is 2.40. The molecular formula is C13H14O. The standard InChI is InChI=1S/C13H14O/c1-10-5-3-4-6-12(9-10)13-8-7-11(2)14-13/h4-9H,3H2,1-2H3. The predicted molar refractivity (Wildman–Crippen MR) is 58.9 cm³/mol. The highest BCUT2D eigenvalue weighted by Gasteiger charge is 2.04.